The fourth-order valence-corrected chi connectivity index (χ4v) is 3.62. The van der Waals surface area contributed by atoms with E-state index in [1.165, 1.54) is 0 Å². The number of carboxylic acid groups (broad SMARTS) is 1. The van der Waals surface area contributed by atoms with Crippen molar-refractivity contribution in [2.75, 3.05) is 13.1 Å². The first-order valence-electron chi connectivity index (χ1n) is 8.21. The number of aliphatic carboxylic acids is 1. The van der Waals surface area contributed by atoms with Gasteiger partial charge < -0.3 is 10.0 Å². The first-order valence-corrected chi connectivity index (χ1v) is 8.59. The summed E-state index contributed by atoms with van der Waals surface area (Å²) in [7, 11) is 0. The molecule has 0 aromatic heterocycles. The molecule has 1 fully saturated rings. The number of likely N-dealkylation sites (tertiary alicyclic amines) is 1. The predicted octanol–water partition coefficient (Wildman–Crippen LogP) is 3.90. The summed E-state index contributed by atoms with van der Waals surface area (Å²) in [6, 6.07) is 12.9. The number of amides is 1. The van der Waals surface area contributed by atoms with Crippen LogP contribution in [0.15, 0.2) is 42.5 Å². The van der Waals surface area contributed by atoms with Gasteiger partial charge in [-0.05, 0) is 43.2 Å². The first kappa shape index (κ1) is 17.5. The van der Waals surface area contributed by atoms with E-state index in [4.69, 9.17) is 11.6 Å². The summed E-state index contributed by atoms with van der Waals surface area (Å²) in [5, 5.41) is 10.2. The molecule has 0 radical (unpaired) electrons. The van der Waals surface area contributed by atoms with Crippen molar-refractivity contribution in [1.29, 1.82) is 0 Å². The molecule has 0 bridgehead atoms. The lowest BCUT2D eigenvalue weighted by Crippen LogP contribution is -2.30. The van der Waals surface area contributed by atoms with Gasteiger partial charge in [0.15, 0.2) is 0 Å². The van der Waals surface area contributed by atoms with Crippen LogP contribution < -0.4 is 0 Å². The van der Waals surface area contributed by atoms with E-state index in [0.29, 0.717) is 17.1 Å². The van der Waals surface area contributed by atoms with E-state index in [1.807, 2.05) is 44.2 Å². The number of aryl methyl sites for hydroxylation is 2. The second-order valence-electron chi connectivity index (χ2n) is 6.63. The predicted molar refractivity (Wildman–Crippen MR) is 97.1 cm³/mol. The molecule has 1 aliphatic heterocycles. The number of halogens is 1. The molecule has 4 nitrogen and oxygen atoms in total. The molecule has 2 aromatic carbocycles. The van der Waals surface area contributed by atoms with Gasteiger partial charge in [-0.1, -0.05) is 41.4 Å². The van der Waals surface area contributed by atoms with Crippen LogP contribution in [0.1, 0.15) is 33.0 Å². The quantitative estimate of drug-likeness (QED) is 0.906. The molecule has 1 heterocycles. The minimum atomic E-state index is -0.879. The summed E-state index contributed by atoms with van der Waals surface area (Å²) in [6.07, 6.45) is 0. The van der Waals surface area contributed by atoms with Crippen molar-refractivity contribution < 1.29 is 14.7 Å². The lowest BCUT2D eigenvalue weighted by atomic mass is 9.89. The summed E-state index contributed by atoms with van der Waals surface area (Å²) in [4.78, 5) is 26.2. The standard InChI is InChI=1S/C20H20ClNO3/c1-12-3-8-16(13(2)9-12)19(23)22-10-17(18(11-22)20(24)25)14-4-6-15(21)7-5-14/h3-9,17-18H,10-11H2,1-2H3,(H,24,25)/t17-,18+/m0/s1. The molecule has 1 N–H and O–H groups in total. The van der Waals surface area contributed by atoms with E-state index in [1.54, 1.807) is 17.0 Å². The van der Waals surface area contributed by atoms with Crippen LogP contribution in [0.5, 0.6) is 0 Å². The summed E-state index contributed by atoms with van der Waals surface area (Å²) < 4.78 is 0. The minimum absolute atomic E-state index is 0.111. The number of carbonyl (C=O) groups is 2. The Balaban J connectivity index is 1.88. The highest BCUT2D eigenvalue weighted by Gasteiger charge is 2.40. The van der Waals surface area contributed by atoms with Crippen molar-refractivity contribution in [3.05, 3.63) is 69.7 Å². The number of nitrogens with zero attached hydrogens (tertiary/aromatic N) is 1. The molecular weight excluding hydrogens is 338 g/mol. The second kappa shape index (κ2) is 6.89. The van der Waals surface area contributed by atoms with Gasteiger partial charge in [-0.25, -0.2) is 0 Å². The zero-order valence-electron chi connectivity index (χ0n) is 14.2. The Morgan fingerprint density at radius 3 is 2.36 bits per heavy atom. The topological polar surface area (TPSA) is 57.6 Å². The Labute approximate surface area is 152 Å². The molecule has 1 saturated heterocycles. The Kier molecular flexibility index (Phi) is 4.82. The normalized spacial score (nSPS) is 19.9. The number of rotatable bonds is 3. The average Bonchev–Trinajstić information content (AvgIpc) is 3.00. The Bertz CT molecular complexity index is 816. The highest BCUT2D eigenvalue weighted by Crippen LogP contribution is 2.34. The van der Waals surface area contributed by atoms with Gasteiger partial charge in [0.1, 0.15) is 0 Å². The van der Waals surface area contributed by atoms with Gasteiger partial charge >= 0.3 is 5.97 Å². The molecule has 0 saturated carbocycles. The Hall–Kier alpha value is -2.33. The van der Waals surface area contributed by atoms with Crippen molar-refractivity contribution in [2.45, 2.75) is 19.8 Å². The van der Waals surface area contributed by atoms with E-state index in [9.17, 15) is 14.7 Å². The molecule has 3 rings (SSSR count). The van der Waals surface area contributed by atoms with Crippen LogP contribution in [-0.2, 0) is 4.79 Å². The number of carbonyl (C=O) groups excluding carboxylic acids is 1. The van der Waals surface area contributed by atoms with Crippen molar-refractivity contribution in [3.8, 4) is 0 Å². The van der Waals surface area contributed by atoms with E-state index in [2.05, 4.69) is 0 Å². The Morgan fingerprint density at radius 1 is 1.08 bits per heavy atom. The zero-order chi connectivity index (χ0) is 18.1. The number of hydrogen-bond acceptors (Lipinski definition) is 2. The van der Waals surface area contributed by atoms with Crippen LogP contribution in [0.3, 0.4) is 0 Å². The van der Waals surface area contributed by atoms with Gasteiger partial charge in [0.25, 0.3) is 5.91 Å². The number of benzene rings is 2. The van der Waals surface area contributed by atoms with E-state index in [-0.39, 0.29) is 18.4 Å². The smallest absolute Gasteiger partial charge is 0.308 e. The molecule has 0 spiro atoms. The first-order chi connectivity index (χ1) is 11.9. The van der Waals surface area contributed by atoms with Crippen LogP contribution in [0.25, 0.3) is 0 Å². The van der Waals surface area contributed by atoms with Gasteiger partial charge in [-0.3, -0.25) is 9.59 Å². The number of carboxylic acids is 1. The summed E-state index contributed by atoms with van der Waals surface area (Å²) in [5.74, 6) is -1.84. The van der Waals surface area contributed by atoms with Crippen LogP contribution in [-0.4, -0.2) is 35.0 Å². The van der Waals surface area contributed by atoms with Crippen LogP contribution in [0.4, 0.5) is 0 Å². The van der Waals surface area contributed by atoms with Crippen molar-refractivity contribution in [2.24, 2.45) is 5.92 Å². The number of hydrogen-bond donors (Lipinski definition) is 1. The van der Waals surface area contributed by atoms with Crippen LogP contribution in [0.2, 0.25) is 5.02 Å². The SMILES string of the molecule is Cc1ccc(C(=O)N2C[C@@H](C(=O)O)[C@H](c3ccc(Cl)cc3)C2)c(C)c1. The lowest BCUT2D eigenvalue weighted by molar-refractivity contribution is -0.141. The monoisotopic (exact) mass is 357 g/mol. The third kappa shape index (κ3) is 3.54. The molecule has 2 aromatic rings. The maximum atomic E-state index is 12.9. The fraction of sp³-hybridized carbons (Fsp3) is 0.300. The Morgan fingerprint density at radius 2 is 1.76 bits per heavy atom. The molecule has 0 aliphatic carbocycles. The zero-order valence-corrected chi connectivity index (χ0v) is 15.0. The fourth-order valence-electron chi connectivity index (χ4n) is 3.49. The van der Waals surface area contributed by atoms with Gasteiger partial charge in [0.2, 0.25) is 0 Å². The third-order valence-corrected chi connectivity index (χ3v) is 5.09. The van der Waals surface area contributed by atoms with Crippen LogP contribution in [0, 0.1) is 19.8 Å². The second-order valence-corrected chi connectivity index (χ2v) is 7.07. The van der Waals surface area contributed by atoms with Crippen molar-refractivity contribution in [3.63, 3.8) is 0 Å². The largest absolute Gasteiger partial charge is 0.481 e. The minimum Gasteiger partial charge on any atom is -0.481 e. The highest BCUT2D eigenvalue weighted by atomic mass is 35.5. The van der Waals surface area contributed by atoms with Gasteiger partial charge in [0, 0.05) is 29.6 Å². The van der Waals surface area contributed by atoms with Crippen molar-refractivity contribution >= 4 is 23.5 Å². The maximum Gasteiger partial charge on any atom is 0.308 e. The van der Waals surface area contributed by atoms with Gasteiger partial charge in [-0.2, -0.15) is 0 Å². The summed E-state index contributed by atoms with van der Waals surface area (Å²) in [6.45, 7) is 4.50. The van der Waals surface area contributed by atoms with Crippen LogP contribution >= 0.6 is 11.6 Å². The van der Waals surface area contributed by atoms with E-state index < -0.39 is 11.9 Å². The highest BCUT2D eigenvalue weighted by molar-refractivity contribution is 6.30. The molecule has 2 atom stereocenters. The maximum absolute atomic E-state index is 12.9. The molecule has 5 heteroatoms. The van der Waals surface area contributed by atoms with E-state index >= 15 is 0 Å². The molecule has 25 heavy (non-hydrogen) atoms. The van der Waals surface area contributed by atoms with Gasteiger partial charge in [-0.15, -0.1) is 0 Å². The molecule has 0 unspecified atom stereocenters. The molecule has 1 aliphatic rings. The lowest BCUT2D eigenvalue weighted by Gasteiger charge is -2.18. The van der Waals surface area contributed by atoms with Crippen molar-refractivity contribution in [1.82, 2.24) is 4.90 Å². The van der Waals surface area contributed by atoms with E-state index in [0.717, 1.165) is 16.7 Å². The molecule has 130 valence electrons. The molecular formula is C20H20ClNO3. The molecule has 1 amide bonds. The average molecular weight is 358 g/mol. The third-order valence-electron chi connectivity index (χ3n) is 4.83. The summed E-state index contributed by atoms with van der Waals surface area (Å²) in [5.41, 5.74) is 3.53. The van der Waals surface area contributed by atoms with Gasteiger partial charge in [0.05, 0.1) is 5.92 Å². The summed E-state index contributed by atoms with van der Waals surface area (Å²) >= 11 is 5.93.